The first-order valence-corrected chi connectivity index (χ1v) is 7.95. The predicted octanol–water partition coefficient (Wildman–Crippen LogP) is 2.05. The molecule has 0 aromatic carbocycles. The molecule has 1 saturated heterocycles. The van der Waals surface area contributed by atoms with Crippen LogP contribution >= 0.6 is 0 Å². The van der Waals surface area contributed by atoms with Crippen molar-refractivity contribution in [3.05, 3.63) is 0 Å². The van der Waals surface area contributed by atoms with Crippen molar-refractivity contribution < 1.29 is 5.11 Å². The zero-order valence-corrected chi connectivity index (χ0v) is 11.8. The highest BCUT2D eigenvalue weighted by atomic mass is 16.3. The van der Waals surface area contributed by atoms with Crippen molar-refractivity contribution >= 4 is 0 Å². The Bertz CT molecular complexity index is 225. The van der Waals surface area contributed by atoms with Gasteiger partial charge in [0.25, 0.3) is 0 Å². The Kier molecular flexibility index (Phi) is 5.93. The van der Waals surface area contributed by atoms with Crippen LogP contribution in [0, 0.1) is 5.92 Å². The second kappa shape index (κ2) is 7.46. The summed E-state index contributed by atoms with van der Waals surface area (Å²) in [6.07, 6.45) is 10.5. The van der Waals surface area contributed by atoms with E-state index in [2.05, 4.69) is 17.6 Å². The molecule has 0 aromatic heterocycles. The van der Waals surface area contributed by atoms with Gasteiger partial charge in [-0.25, -0.2) is 0 Å². The van der Waals surface area contributed by atoms with Crippen molar-refractivity contribution in [3.63, 3.8) is 0 Å². The van der Waals surface area contributed by atoms with Gasteiger partial charge in [-0.1, -0.05) is 26.2 Å². The highest BCUT2D eigenvalue weighted by Gasteiger charge is 2.33. The number of aliphatic hydroxyl groups excluding tert-OH is 1. The van der Waals surface area contributed by atoms with Crippen molar-refractivity contribution in [1.29, 1.82) is 0 Å². The first-order valence-electron chi connectivity index (χ1n) is 7.95. The van der Waals surface area contributed by atoms with Crippen LogP contribution in [0.2, 0.25) is 0 Å². The summed E-state index contributed by atoms with van der Waals surface area (Å²) in [4.78, 5) is 0. The molecular weight excluding hydrogens is 224 g/mol. The molecule has 0 bridgehead atoms. The van der Waals surface area contributed by atoms with Gasteiger partial charge in [-0.2, -0.15) is 0 Å². The first kappa shape index (κ1) is 14.3. The molecule has 2 aliphatic rings. The smallest absolute Gasteiger partial charge is 0.0584 e. The molecule has 1 aliphatic heterocycles. The number of aliphatic hydroxyl groups is 1. The Morgan fingerprint density at radius 1 is 1.17 bits per heavy atom. The number of hydrogen-bond donors (Lipinski definition) is 3. The van der Waals surface area contributed by atoms with Crippen molar-refractivity contribution in [1.82, 2.24) is 10.6 Å². The van der Waals surface area contributed by atoms with Gasteiger partial charge >= 0.3 is 0 Å². The summed E-state index contributed by atoms with van der Waals surface area (Å²) in [5, 5.41) is 16.8. The number of piperidine rings is 1. The lowest BCUT2D eigenvalue weighted by Crippen LogP contribution is -2.53. The van der Waals surface area contributed by atoms with Crippen LogP contribution < -0.4 is 10.6 Å². The monoisotopic (exact) mass is 254 g/mol. The Morgan fingerprint density at radius 2 is 1.94 bits per heavy atom. The summed E-state index contributed by atoms with van der Waals surface area (Å²) in [6, 6.07) is 1.62. The Morgan fingerprint density at radius 3 is 2.61 bits per heavy atom. The normalized spacial score (nSPS) is 35.3. The summed E-state index contributed by atoms with van der Waals surface area (Å²) >= 11 is 0. The largest absolute Gasteiger partial charge is 0.395 e. The van der Waals surface area contributed by atoms with Gasteiger partial charge in [-0.15, -0.1) is 0 Å². The van der Waals surface area contributed by atoms with Gasteiger partial charge in [-0.3, -0.25) is 0 Å². The Labute approximate surface area is 112 Å². The topological polar surface area (TPSA) is 44.3 Å². The van der Waals surface area contributed by atoms with Crippen molar-refractivity contribution in [3.8, 4) is 0 Å². The fraction of sp³-hybridized carbons (Fsp3) is 1.00. The first-order chi connectivity index (χ1) is 8.85. The van der Waals surface area contributed by atoms with Crippen molar-refractivity contribution in [2.24, 2.45) is 5.92 Å². The SMILES string of the molecule is CC[C@H](CO)NC1CCCCC1C1CCCCN1. The maximum absolute atomic E-state index is 9.38. The number of rotatable bonds is 5. The van der Waals surface area contributed by atoms with Crippen LogP contribution in [0.1, 0.15) is 58.3 Å². The summed E-state index contributed by atoms with van der Waals surface area (Å²) in [5.41, 5.74) is 0. The van der Waals surface area contributed by atoms with Crippen molar-refractivity contribution in [2.45, 2.75) is 76.4 Å². The second-order valence-electron chi connectivity index (χ2n) is 6.07. The van der Waals surface area contributed by atoms with E-state index in [4.69, 9.17) is 0 Å². The van der Waals surface area contributed by atoms with E-state index < -0.39 is 0 Å². The van der Waals surface area contributed by atoms with E-state index in [1.165, 1.54) is 51.5 Å². The molecule has 3 unspecified atom stereocenters. The van der Waals surface area contributed by atoms with Crippen LogP contribution in [0.4, 0.5) is 0 Å². The van der Waals surface area contributed by atoms with E-state index in [0.717, 1.165) is 12.3 Å². The predicted molar refractivity (Wildman–Crippen MR) is 75.7 cm³/mol. The molecular formula is C15H30N2O. The quantitative estimate of drug-likeness (QED) is 0.703. The lowest BCUT2D eigenvalue weighted by molar-refractivity contribution is 0.150. The molecule has 1 heterocycles. The fourth-order valence-electron chi connectivity index (χ4n) is 3.69. The molecule has 106 valence electrons. The van der Waals surface area contributed by atoms with E-state index in [9.17, 15) is 5.11 Å². The molecule has 4 atom stereocenters. The van der Waals surface area contributed by atoms with E-state index in [1.807, 2.05) is 0 Å². The van der Waals surface area contributed by atoms with Crippen LogP contribution in [-0.2, 0) is 0 Å². The van der Waals surface area contributed by atoms with E-state index in [0.29, 0.717) is 18.1 Å². The van der Waals surface area contributed by atoms with E-state index in [-0.39, 0.29) is 6.61 Å². The molecule has 0 aromatic rings. The minimum atomic E-state index is 0.276. The third-order valence-electron chi connectivity index (χ3n) is 4.85. The van der Waals surface area contributed by atoms with Gasteiger partial charge < -0.3 is 15.7 Å². The van der Waals surface area contributed by atoms with Crippen LogP contribution in [0.5, 0.6) is 0 Å². The van der Waals surface area contributed by atoms with Gasteiger partial charge in [0.2, 0.25) is 0 Å². The molecule has 3 nitrogen and oxygen atoms in total. The van der Waals surface area contributed by atoms with Gasteiger partial charge in [0.15, 0.2) is 0 Å². The van der Waals surface area contributed by atoms with Gasteiger partial charge in [0.05, 0.1) is 6.61 Å². The third kappa shape index (κ3) is 3.69. The summed E-state index contributed by atoms with van der Waals surface area (Å²) < 4.78 is 0. The molecule has 1 saturated carbocycles. The van der Waals surface area contributed by atoms with E-state index in [1.54, 1.807) is 0 Å². The van der Waals surface area contributed by atoms with Crippen LogP contribution in [-0.4, -0.2) is 36.4 Å². The minimum Gasteiger partial charge on any atom is -0.395 e. The maximum atomic E-state index is 9.38. The van der Waals surface area contributed by atoms with Crippen molar-refractivity contribution in [2.75, 3.05) is 13.2 Å². The molecule has 0 amide bonds. The second-order valence-corrected chi connectivity index (χ2v) is 6.07. The van der Waals surface area contributed by atoms with Crippen LogP contribution in [0.25, 0.3) is 0 Å². The molecule has 2 fully saturated rings. The molecule has 3 N–H and O–H groups in total. The summed E-state index contributed by atoms with van der Waals surface area (Å²) in [6.45, 7) is 3.63. The molecule has 3 heteroatoms. The average Bonchev–Trinajstić information content (AvgIpc) is 2.46. The number of hydrogen-bond acceptors (Lipinski definition) is 3. The average molecular weight is 254 g/mol. The van der Waals surface area contributed by atoms with E-state index >= 15 is 0 Å². The molecule has 0 radical (unpaired) electrons. The summed E-state index contributed by atoms with van der Waals surface area (Å²) in [5.74, 6) is 0.777. The highest BCUT2D eigenvalue weighted by molar-refractivity contribution is 4.91. The lowest BCUT2D eigenvalue weighted by atomic mass is 9.77. The third-order valence-corrected chi connectivity index (χ3v) is 4.85. The minimum absolute atomic E-state index is 0.276. The highest BCUT2D eigenvalue weighted by Crippen LogP contribution is 2.30. The zero-order chi connectivity index (χ0) is 12.8. The molecule has 1 aliphatic carbocycles. The Hall–Kier alpha value is -0.120. The Balaban J connectivity index is 1.91. The maximum Gasteiger partial charge on any atom is 0.0584 e. The fourth-order valence-corrected chi connectivity index (χ4v) is 3.69. The van der Waals surface area contributed by atoms with Gasteiger partial charge in [0.1, 0.15) is 0 Å². The van der Waals surface area contributed by atoms with Crippen LogP contribution in [0.3, 0.4) is 0 Å². The molecule has 0 spiro atoms. The standard InChI is InChI=1S/C15H30N2O/c1-2-12(11-18)17-15-9-4-3-7-13(15)14-8-5-6-10-16-14/h12-18H,2-11H2,1H3/t12-,13?,14?,15?/m1/s1. The zero-order valence-electron chi connectivity index (χ0n) is 11.8. The molecule has 18 heavy (non-hydrogen) atoms. The number of nitrogens with one attached hydrogen (secondary N) is 2. The van der Waals surface area contributed by atoms with Crippen LogP contribution in [0.15, 0.2) is 0 Å². The lowest BCUT2D eigenvalue weighted by Gasteiger charge is -2.41. The van der Waals surface area contributed by atoms with Gasteiger partial charge in [0, 0.05) is 18.1 Å². The van der Waals surface area contributed by atoms with Gasteiger partial charge in [-0.05, 0) is 44.6 Å². The molecule has 2 rings (SSSR count). The summed E-state index contributed by atoms with van der Waals surface area (Å²) in [7, 11) is 0.